The van der Waals surface area contributed by atoms with Crippen LogP contribution in [-0.2, 0) is 22.9 Å². The van der Waals surface area contributed by atoms with Crippen molar-refractivity contribution in [1.82, 2.24) is 14.7 Å². The van der Waals surface area contributed by atoms with Crippen molar-refractivity contribution < 1.29 is 17.9 Å². The largest absolute Gasteiger partial charge is 0.386 e. The maximum atomic E-state index is 14.3. The molecule has 2 aliphatic carbocycles. The maximum absolute atomic E-state index is 14.3. The number of pyridine rings is 2. The number of nitrogens with zero attached hydrogens (tertiary/aromatic N) is 3. The standard InChI is InChI=1S/C28H34FN5O3S/c1-27(2,29)14-32-38(36,37)26-22-10-21(33-20-6-7-25(31-13-20)34-15-28(3,35)16-34)9-18(22)8-19-12-30-24(11-23(19)26)17-4-5-17/h6-8,11-13,17,21,32-33,35H,4-5,9-10,14-16H2,1-3H3. The number of fused-ring (bicyclic) bond motifs is 2. The molecule has 2 aromatic heterocycles. The number of rotatable bonds is 8. The van der Waals surface area contributed by atoms with E-state index < -0.39 is 21.3 Å². The van der Waals surface area contributed by atoms with Crippen LogP contribution in [0.3, 0.4) is 0 Å². The van der Waals surface area contributed by atoms with Gasteiger partial charge in [-0.2, -0.15) is 0 Å². The third-order valence-electron chi connectivity index (χ3n) is 7.56. The SMILES string of the molecule is CC(C)(F)CNS(=O)(=O)c1c2c(cc3cnc(C4CC4)cc13)CC(Nc1ccc(N3CC(C)(O)C3)nc1)C2. The van der Waals surface area contributed by atoms with Gasteiger partial charge in [-0.1, -0.05) is 0 Å². The molecule has 202 valence electrons. The molecule has 3 aliphatic rings. The molecule has 3 aromatic rings. The Hall–Kier alpha value is -2.82. The monoisotopic (exact) mass is 539 g/mol. The number of aliphatic hydroxyl groups is 1. The van der Waals surface area contributed by atoms with Crippen LogP contribution in [0.15, 0.2) is 41.6 Å². The van der Waals surface area contributed by atoms with E-state index in [4.69, 9.17) is 0 Å². The van der Waals surface area contributed by atoms with Crippen LogP contribution in [0.1, 0.15) is 56.4 Å². The number of β-amino-alcohol motifs (C(OH)–C–C–N with tert-alkyl or cyclic N) is 1. The minimum Gasteiger partial charge on any atom is -0.386 e. The molecule has 1 saturated heterocycles. The summed E-state index contributed by atoms with van der Waals surface area (Å²) in [5.74, 6) is 1.20. The molecule has 0 spiro atoms. The van der Waals surface area contributed by atoms with Crippen LogP contribution >= 0.6 is 0 Å². The Balaban J connectivity index is 1.29. The highest BCUT2D eigenvalue weighted by Crippen LogP contribution is 2.42. The minimum atomic E-state index is -3.97. The van der Waals surface area contributed by atoms with Gasteiger partial charge in [-0.15, -0.1) is 0 Å². The number of alkyl halides is 1. The van der Waals surface area contributed by atoms with E-state index in [-0.39, 0.29) is 17.5 Å². The molecule has 0 radical (unpaired) electrons. The van der Waals surface area contributed by atoms with E-state index in [0.29, 0.717) is 37.2 Å². The van der Waals surface area contributed by atoms with Crippen LogP contribution in [0.5, 0.6) is 0 Å². The average Bonchev–Trinajstić information content (AvgIpc) is 3.60. The van der Waals surface area contributed by atoms with Crippen LogP contribution in [-0.4, -0.2) is 60.4 Å². The fourth-order valence-corrected chi connectivity index (χ4v) is 7.23. The predicted octanol–water partition coefficient (Wildman–Crippen LogP) is 3.68. The van der Waals surface area contributed by atoms with Gasteiger partial charge in [-0.05, 0) is 81.8 Å². The molecule has 0 bridgehead atoms. The number of hydrogen-bond acceptors (Lipinski definition) is 7. The summed E-state index contributed by atoms with van der Waals surface area (Å²) in [7, 11) is -3.97. The molecule has 1 atom stereocenters. The zero-order chi connectivity index (χ0) is 26.9. The van der Waals surface area contributed by atoms with E-state index in [1.54, 1.807) is 12.4 Å². The number of benzene rings is 1. The Bertz CT molecular complexity index is 1490. The Morgan fingerprint density at radius 2 is 1.92 bits per heavy atom. The van der Waals surface area contributed by atoms with Gasteiger partial charge < -0.3 is 15.3 Å². The van der Waals surface area contributed by atoms with Gasteiger partial charge >= 0.3 is 0 Å². The molecule has 3 N–H and O–H groups in total. The number of aromatic nitrogens is 2. The smallest absolute Gasteiger partial charge is 0.241 e. The highest BCUT2D eigenvalue weighted by molar-refractivity contribution is 7.89. The van der Waals surface area contributed by atoms with Gasteiger partial charge in [0.1, 0.15) is 11.5 Å². The van der Waals surface area contributed by atoms with E-state index in [9.17, 15) is 17.9 Å². The minimum absolute atomic E-state index is 0.0124. The predicted molar refractivity (Wildman–Crippen MR) is 146 cm³/mol. The second-order valence-electron chi connectivity index (χ2n) is 12.0. The van der Waals surface area contributed by atoms with E-state index >= 15 is 0 Å². The zero-order valence-electron chi connectivity index (χ0n) is 22.0. The van der Waals surface area contributed by atoms with Crippen LogP contribution in [0, 0.1) is 0 Å². The van der Waals surface area contributed by atoms with Gasteiger partial charge in [-0.3, -0.25) is 4.98 Å². The average molecular weight is 540 g/mol. The quantitative estimate of drug-likeness (QED) is 0.401. The second kappa shape index (κ2) is 8.86. The zero-order valence-corrected chi connectivity index (χ0v) is 22.8. The molecule has 8 nitrogen and oxygen atoms in total. The summed E-state index contributed by atoms with van der Waals surface area (Å²) < 4.78 is 44.1. The van der Waals surface area contributed by atoms with Crippen molar-refractivity contribution in [2.75, 3.05) is 29.9 Å². The third kappa shape index (κ3) is 5.09. The number of nitrogens with one attached hydrogen (secondary N) is 2. The number of anilines is 2. The lowest BCUT2D eigenvalue weighted by atomic mass is 9.97. The van der Waals surface area contributed by atoms with E-state index in [1.807, 2.05) is 36.1 Å². The van der Waals surface area contributed by atoms with Crippen molar-refractivity contribution in [2.24, 2.45) is 0 Å². The van der Waals surface area contributed by atoms with Crippen molar-refractivity contribution in [3.05, 3.63) is 53.5 Å². The molecule has 10 heteroatoms. The molecular weight excluding hydrogens is 505 g/mol. The summed E-state index contributed by atoms with van der Waals surface area (Å²) in [6.07, 6.45) is 6.86. The summed E-state index contributed by atoms with van der Waals surface area (Å²) in [4.78, 5) is 11.4. The summed E-state index contributed by atoms with van der Waals surface area (Å²) >= 11 is 0. The fraction of sp³-hybridized carbons (Fsp3) is 0.500. The molecule has 3 heterocycles. The van der Waals surface area contributed by atoms with Crippen LogP contribution < -0.4 is 14.9 Å². The molecule has 1 saturated carbocycles. The second-order valence-corrected chi connectivity index (χ2v) is 13.7. The maximum Gasteiger partial charge on any atom is 0.241 e. The Morgan fingerprint density at radius 1 is 1.16 bits per heavy atom. The van der Waals surface area contributed by atoms with Crippen LogP contribution in [0.4, 0.5) is 15.9 Å². The first-order valence-corrected chi connectivity index (χ1v) is 14.7. The molecule has 38 heavy (non-hydrogen) atoms. The van der Waals surface area contributed by atoms with Crippen molar-refractivity contribution in [1.29, 1.82) is 0 Å². The van der Waals surface area contributed by atoms with Gasteiger partial charge in [0.25, 0.3) is 0 Å². The molecule has 1 aliphatic heterocycles. The molecule has 2 fully saturated rings. The summed E-state index contributed by atoms with van der Waals surface area (Å²) in [5, 5.41) is 14.9. The van der Waals surface area contributed by atoms with Crippen molar-refractivity contribution in [2.45, 2.75) is 74.6 Å². The van der Waals surface area contributed by atoms with Gasteiger partial charge in [0, 0.05) is 54.3 Å². The first kappa shape index (κ1) is 25.5. The summed E-state index contributed by atoms with van der Waals surface area (Å²) in [6.45, 7) is 5.35. The van der Waals surface area contributed by atoms with Crippen LogP contribution in [0.25, 0.3) is 10.8 Å². The molecule has 0 amide bonds. The number of sulfonamides is 1. The summed E-state index contributed by atoms with van der Waals surface area (Å²) in [6, 6.07) is 7.84. The number of hydrogen-bond donors (Lipinski definition) is 3. The topological polar surface area (TPSA) is 107 Å². The van der Waals surface area contributed by atoms with E-state index in [1.165, 1.54) is 13.8 Å². The van der Waals surface area contributed by atoms with Gasteiger partial charge in [-0.25, -0.2) is 22.5 Å². The molecule has 1 aromatic carbocycles. The van der Waals surface area contributed by atoms with E-state index in [2.05, 4.69) is 20.0 Å². The van der Waals surface area contributed by atoms with Crippen molar-refractivity contribution >= 4 is 32.3 Å². The highest BCUT2D eigenvalue weighted by atomic mass is 32.2. The first-order chi connectivity index (χ1) is 17.9. The fourth-order valence-electron chi connectivity index (χ4n) is 5.55. The van der Waals surface area contributed by atoms with Gasteiger partial charge in [0.15, 0.2) is 0 Å². The highest BCUT2D eigenvalue weighted by Gasteiger charge is 2.37. The number of halogens is 1. The van der Waals surface area contributed by atoms with Crippen LogP contribution in [0.2, 0.25) is 0 Å². The van der Waals surface area contributed by atoms with E-state index in [0.717, 1.165) is 46.6 Å². The van der Waals surface area contributed by atoms with Gasteiger partial charge in [0.2, 0.25) is 10.0 Å². The third-order valence-corrected chi connectivity index (χ3v) is 9.09. The lowest BCUT2D eigenvalue weighted by Gasteiger charge is -2.44. The Morgan fingerprint density at radius 3 is 2.55 bits per heavy atom. The molecule has 1 unspecified atom stereocenters. The van der Waals surface area contributed by atoms with Crippen molar-refractivity contribution in [3.63, 3.8) is 0 Å². The Kier molecular flexibility index (Phi) is 5.93. The lowest BCUT2D eigenvalue weighted by Crippen LogP contribution is -2.60. The molecular formula is C28H34FN5O3S. The lowest BCUT2D eigenvalue weighted by molar-refractivity contribution is 0.0305. The normalized spacial score (nSPS) is 20.9. The van der Waals surface area contributed by atoms with Crippen molar-refractivity contribution in [3.8, 4) is 0 Å². The molecule has 6 rings (SSSR count). The summed E-state index contributed by atoms with van der Waals surface area (Å²) in [5.41, 5.74) is 1.17. The Labute approximate surface area is 222 Å². The van der Waals surface area contributed by atoms with Gasteiger partial charge in [0.05, 0.1) is 22.4 Å². The first-order valence-electron chi connectivity index (χ1n) is 13.2.